The summed E-state index contributed by atoms with van der Waals surface area (Å²) in [6, 6.07) is 11.7. The van der Waals surface area contributed by atoms with E-state index < -0.39 is 0 Å². The molecule has 0 atom stereocenters. The number of rotatable bonds is 4. The lowest BCUT2D eigenvalue weighted by Crippen LogP contribution is -2.37. The monoisotopic (exact) mass is 377 g/mol. The number of carbonyl (C=O) groups is 1. The fourth-order valence-electron chi connectivity index (χ4n) is 3.60. The number of aryl methyl sites for hydroxylation is 1. The zero-order valence-corrected chi connectivity index (χ0v) is 16.4. The molecular weight excluding hydrogens is 354 g/mol. The predicted molar refractivity (Wildman–Crippen MR) is 107 cm³/mol. The highest BCUT2D eigenvalue weighted by Gasteiger charge is 2.23. The quantitative estimate of drug-likeness (QED) is 0.699. The van der Waals surface area contributed by atoms with Crippen LogP contribution in [0.2, 0.25) is 0 Å². The zero-order chi connectivity index (χ0) is 19.7. The topological polar surface area (TPSA) is 64.5 Å². The van der Waals surface area contributed by atoms with Crippen LogP contribution in [0.25, 0.3) is 11.0 Å². The number of methoxy groups -OCH3 is 2. The smallest absolute Gasteiger partial charge is 0.227 e. The first-order valence-electron chi connectivity index (χ1n) is 9.32. The number of hydrogen-bond acceptors (Lipinski definition) is 5. The highest BCUT2D eigenvalue weighted by atomic mass is 16.5. The number of carbonyl (C=O) groups excluding carboxylic acids is 1. The average molecular weight is 377 g/mol. The van der Waals surface area contributed by atoms with Crippen molar-refractivity contribution < 1.29 is 14.3 Å². The molecule has 4 rings (SSSR count). The predicted octanol–water partition coefficient (Wildman–Crippen LogP) is 3.08. The van der Waals surface area contributed by atoms with E-state index in [-0.39, 0.29) is 5.91 Å². The molecule has 0 N–H and O–H groups in total. The van der Waals surface area contributed by atoms with E-state index in [1.807, 2.05) is 42.2 Å². The minimum Gasteiger partial charge on any atom is -0.493 e. The van der Waals surface area contributed by atoms with Gasteiger partial charge >= 0.3 is 0 Å². The van der Waals surface area contributed by atoms with E-state index >= 15 is 0 Å². The van der Waals surface area contributed by atoms with Crippen LogP contribution in [-0.4, -0.2) is 41.5 Å². The van der Waals surface area contributed by atoms with Crippen LogP contribution in [-0.2, 0) is 24.2 Å². The van der Waals surface area contributed by atoms with Gasteiger partial charge in [0.15, 0.2) is 17.1 Å². The van der Waals surface area contributed by atoms with Crippen LogP contribution in [0.1, 0.15) is 22.5 Å². The Labute approximate surface area is 164 Å². The Bertz CT molecular complexity index is 1050. The Morgan fingerprint density at radius 3 is 2.68 bits per heavy atom. The zero-order valence-electron chi connectivity index (χ0n) is 16.4. The summed E-state index contributed by atoms with van der Waals surface area (Å²) in [6.07, 6.45) is 1.08. The molecule has 0 unspecified atom stereocenters. The number of hydrogen-bond donors (Lipinski definition) is 0. The molecule has 6 heteroatoms. The van der Waals surface area contributed by atoms with Crippen molar-refractivity contribution in [1.82, 2.24) is 14.9 Å². The van der Waals surface area contributed by atoms with Crippen LogP contribution >= 0.6 is 0 Å². The molecule has 0 bridgehead atoms. The van der Waals surface area contributed by atoms with Gasteiger partial charge in [-0.15, -0.1) is 0 Å². The second-order valence-corrected chi connectivity index (χ2v) is 7.02. The molecule has 0 saturated heterocycles. The molecule has 0 spiro atoms. The summed E-state index contributed by atoms with van der Waals surface area (Å²) in [4.78, 5) is 24.0. The minimum atomic E-state index is 0.0972. The third-order valence-electron chi connectivity index (χ3n) is 5.12. The minimum absolute atomic E-state index is 0.0972. The van der Waals surface area contributed by atoms with E-state index in [0.29, 0.717) is 31.0 Å². The number of ether oxygens (including phenoxy) is 2. The molecule has 1 aliphatic rings. The van der Waals surface area contributed by atoms with Gasteiger partial charge in [0, 0.05) is 36.3 Å². The summed E-state index contributed by atoms with van der Waals surface area (Å²) in [5.41, 5.74) is 4.79. The van der Waals surface area contributed by atoms with Gasteiger partial charge in [-0.3, -0.25) is 4.79 Å². The Hall–Kier alpha value is -3.15. The van der Waals surface area contributed by atoms with E-state index in [9.17, 15) is 4.79 Å². The Morgan fingerprint density at radius 1 is 1.07 bits per heavy atom. The van der Waals surface area contributed by atoms with E-state index in [0.717, 1.165) is 40.0 Å². The summed E-state index contributed by atoms with van der Waals surface area (Å²) < 4.78 is 10.6. The van der Waals surface area contributed by atoms with Crippen LogP contribution in [0.4, 0.5) is 0 Å². The first kappa shape index (κ1) is 18.2. The van der Waals surface area contributed by atoms with Crippen molar-refractivity contribution in [3.63, 3.8) is 0 Å². The molecule has 3 heterocycles. The molecule has 1 aromatic carbocycles. The molecule has 0 fully saturated rings. The van der Waals surface area contributed by atoms with E-state index in [4.69, 9.17) is 14.5 Å². The average Bonchev–Trinajstić information content (AvgIpc) is 2.71. The second kappa shape index (κ2) is 7.46. The number of aromatic nitrogens is 2. The number of fused-ring (bicyclic) bond motifs is 2. The van der Waals surface area contributed by atoms with Gasteiger partial charge in [0.25, 0.3) is 0 Å². The van der Waals surface area contributed by atoms with Crippen LogP contribution in [0.3, 0.4) is 0 Å². The lowest BCUT2D eigenvalue weighted by Gasteiger charge is -2.28. The molecule has 2 aromatic heterocycles. The largest absolute Gasteiger partial charge is 0.493 e. The van der Waals surface area contributed by atoms with Crippen LogP contribution in [0.5, 0.6) is 11.5 Å². The van der Waals surface area contributed by atoms with Gasteiger partial charge in [0.05, 0.1) is 20.6 Å². The first-order chi connectivity index (χ1) is 13.6. The van der Waals surface area contributed by atoms with Crippen molar-refractivity contribution in [2.75, 3.05) is 20.8 Å². The lowest BCUT2D eigenvalue weighted by molar-refractivity contribution is -0.131. The maximum Gasteiger partial charge on any atom is 0.227 e. The summed E-state index contributed by atoms with van der Waals surface area (Å²) in [5, 5.41) is 1.01. The van der Waals surface area contributed by atoms with Gasteiger partial charge in [-0.2, -0.15) is 0 Å². The standard InChI is InChI=1S/C22H23N3O3/c1-14-4-6-16-12-17-13-25(9-8-18(17)24-22(16)23-14)21(26)11-15-5-7-19(27-2)20(10-15)28-3/h4-7,10,12H,8-9,11,13H2,1-3H3. The molecule has 0 aliphatic carbocycles. The van der Waals surface area contributed by atoms with E-state index in [1.165, 1.54) is 0 Å². The van der Waals surface area contributed by atoms with Crippen molar-refractivity contribution in [3.8, 4) is 11.5 Å². The number of benzene rings is 1. The molecule has 3 aromatic rings. The molecule has 6 nitrogen and oxygen atoms in total. The third-order valence-corrected chi connectivity index (χ3v) is 5.12. The van der Waals surface area contributed by atoms with Gasteiger partial charge in [-0.05, 0) is 48.4 Å². The normalized spacial score (nSPS) is 13.3. The van der Waals surface area contributed by atoms with Crippen molar-refractivity contribution in [2.45, 2.75) is 26.3 Å². The van der Waals surface area contributed by atoms with Gasteiger partial charge < -0.3 is 14.4 Å². The highest BCUT2D eigenvalue weighted by molar-refractivity contribution is 5.80. The van der Waals surface area contributed by atoms with Crippen molar-refractivity contribution in [2.24, 2.45) is 0 Å². The van der Waals surface area contributed by atoms with Crippen molar-refractivity contribution in [1.29, 1.82) is 0 Å². The Kier molecular flexibility index (Phi) is 4.86. The Balaban J connectivity index is 1.52. The molecule has 28 heavy (non-hydrogen) atoms. The molecule has 0 radical (unpaired) electrons. The van der Waals surface area contributed by atoms with E-state index in [1.54, 1.807) is 14.2 Å². The molecule has 1 aliphatic heterocycles. The summed E-state index contributed by atoms with van der Waals surface area (Å²) >= 11 is 0. The van der Waals surface area contributed by atoms with Gasteiger partial charge in [0.2, 0.25) is 5.91 Å². The first-order valence-corrected chi connectivity index (χ1v) is 9.32. The molecule has 144 valence electrons. The summed E-state index contributed by atoms with van der Waals surface area (Å²) in [5.74, 6) is 1.39. The van der Waals surface area contributed by atoms with Crippen LogP contribution in [0, 0.1) is 6.92 Å². The van der Waals surface area contributed by atoms with Crippen molar-refractivity contribution in [3.05, 3.63) is 58.9 Å². The molecule has 0 saturated carbocycles. The Morgan fingerprint density at radius 2 is 1.89 bits per heavy atom. The lowest BCUT2D eigenvalue weighted by atomic mass is 10.0. The summed E-state index contributed by atoms with van der Waals surface area (Å²) in [6.45, 7) is 3.22. The molecular formula is C22H23N3O3. The van der Waals surface area contributed by atoms with Gasteiger partial charge in [-0.1, -0.05) is 6.07 Å². The van der Waals surface area contributed by atoms with E-state index in [2.05, 4.69) is 11.1 Å². The maximum atomic E-state index is 12.9. The SMILES string of the molecule is COc1ccc(CC(=O)N2CCc3nc4nc(C)ccc4cc3C2)cc1OC. The van der Waals surface area contributed by atoms with Crippen molar-refractivity contribution >= 4 is 16.9 Å². The third kappa shape index (κ3) is 3.50. The maximum absolute atomic E-state index is 12.9. The van der Waals surface area contributed by atoms with Gasteiger partial charge in [-0.25, -0.2) is 9.97 Å². The molecule has 1 amide bonds. The fraction of sp³-hybridized carbons (Fsp3) is 0.318. The fourth-order valence-corrected chi connectivity index (χ4v) is 3.60. The van der Waals surface area contributed by atoms with Gasteiger partial charge in [0.1, 0.15) is 0 Å². The number of pyridine rings is 2. The van der Waals surface area contributed by atoms with Crippen LogP contribution in [0.15, 0.2) is 36.4 Å². The number of nitrogens with zero attached hydrogens (tertiary/aromatic N) is 3. The highest BCUT2D eigenvalue weighted by Crippen LogP contribution is 2.28. The number of amides is 1. The summed E-state index contributed by atoms with van der Waals surface area (Å²) in [7, 11) is 3.20. The second-order valence-electron chi connectivity index (χ2n) is 7.02. The van der Waals surface area contributed by atoms with Crippen LogP contribution < -0.4 is 9.47 Å².